The number of halogens is 1. The van der Waals surface area contributed by atoms with E-state index >= 15 is 0 Å². The molecule has 0 aliphatic heterocycles. The normalized spacial score (nSPS) is 10.3. The van der Waals surface area contributed by atoms with E-state index in [0.717, 1.165) is 4.68 Å². The Morgan fingerprint density at radius 2 is 2.33 bits per heavy atom. The van der Waals surface area contributed by atoms with Gasteiger partial charge in [0.2, 0.25) is 5.69 Å². The van der Waals surface area contributed by atoms with Crippen molar-refractivity contribution in [1.82, 2.24) is 9.78 Å². The van der Waals surface area contributed by atoms with E-state index in [1.807, 2.05) is 0 Å². The number of carboxylic acid groups (broad SMARTS) is 1. The Kier molecular flexibility index (Phi) is 3.25. The molecule has 0 saturated carbocycles. The molecule has 0 unspecified atom stereocenters. The van der Waals surface area contributed by atoms with Crippen LogP contribution in [0, 0.1) is 10.1 Å². The summed E-state index contributed by atoms with van der Waals surface area (Å²) in [6, 6.07) is 0. The first-order valence-corrected chi connectivity index (χ1v) is 4.50. The average Bonchev–Trinajstić information content (AvgIpc) is 2.43. The molecule has 1 aromatic rings. The van der Waals surface area contributed by atoms with Gasteiger partial charge in [-0.3, -0.25) is 0 Å². The topological polar surface area (TPSA) is 98.3 Å². The third-order valence-corrected chi connectivity index (χ3v) is 2.03. The summed E-state index contributed by atoms with van der Waals surface area (Å²) in [5, 5.41) is 22.4. The zero-order valence-corrected chi connectivity index (χ0v) is 8.56. The largest absolute Gasteiger partial charge is 0.476 e. The molecule has 1 aromatic heterocycles. The summed E-state index contributed by atoms with van der Waals surface area (Å²) >= 11 is 5.55. The SMILES string of the molecule is CCCn1nc(C(=O)O)c(Cl)c1[N+](=O)[O-]. The van der Waals surface area contributed by atoms with Crippen molar-refractivity contribution in [2.24, 2.45) is 0 Å². The van der Waals surface area contributed by atoms with E-state index in [2.05, 4.69) is 5.10 Å². The lowest BCUT2D eigenvalue weighted by Gasteiger charge is -1.96. The van der Waals surface area contributed by atoms with E-state index in [0.29, 0.717) is 6.42 Å². The minimum absolute atomic E-state index is 0.253. The molecule has 0 aliphatic carbocycles. The predicted octanol–water partition coefficient (Wildman–Crippen LogP) is 1.55. The van der Waals surface area contributed by atoms with Gasteiger partial charge >= 0.3 is 11.8 Å². The molecule has 15 heavy (non-hydrogen) atoms. The zero-order valence-electron chi connectivity index (χ0n) is 7.81. The Bertz CT molecular complexity index is 415. The third kappa shape index (κ3) is 2.07. The van der Waals surface area contributed by atoms with Gasteiger partial charge in [-0.25, -0.2) is 4.79 Å². The number of nitrogens with zero attached hydrogens (tertiary/aromatic N) is 3. The molecule has 0 aromatic carbocycles. The van der Waals surface area contributed by atoms with Crippen LogP contribution in [-0.4, -0.2) is 25.8 Å². The van der Waals surface area contributed by atoms with Crippen molar-refractivity contribution in [2.75, 3.05) is 0 Å². The number of hydrogen-bond acceptors (Lipinski definition) is 4. The Hall–Kier alpha value is -1.63. The minimum Gasteiger partial charge on any atom is -0.476 e. The molecule has 0 saturated heterocycles. The summed E-state index contributed by atoms with van der Waals surface area (Å²) < 4.78 is 0.992. The third-order valence-electron chi connectivity index (χ3n) is 1.68. The van der Waals surface area contributed by atoms with Crippen molar-refractivity contribution in [1.29, 1.82) is 0 Å². The Labute approximate surface area is 89.4 Å². The monoisotopic (exact) mass is 233 g/mol. The van der Waals surface area contributed by atoms with Crippen LogP contribution < -0.4 is 0 Å². The molecule has 8 heteroatoms. The van der Waals surface area contributed by atoms with Crippen molar-refractivity contribution >= 4 is 23.4 Å². The highest BCUT2D eigenvalue weighted by Crippen LogP contribution is 2.28. The van der Waals surface area contributed by atoms with E-state index in [1.54, 1.807) is 6.92 Å². The van der Waals surface area contributed by atoms with E-state index in [9.17, 15) is 14.9 Å². The molecule has 0 bridgehead atoms. The number of nitro groups is 1. The van der Waals surface area contributed by atoms with Crippen LogP contribution in [0.2, 0.25) is 5.02 Å². The number of carboxylic acids is 1. The molecule has 0 radical (unpaired) electrons. The summed E-state index contributed by atoms with van der Waals surface area (Å²) in [7, 11) is 0. The summed E-state index contributed by atoms with van der Waals surface area (Å²) in [4.78, 5) is 20.5. The molecule has 1 heterocycles. The first-order valence-electron chi connectivity index (χ1n) is 4.13. The summed E-state index contributed by atoms with van der Waals surface area (Å²) in [6.07, 6.45) is 0.595. The Morgan fingerprint density at radius 3 is 2.73 bits per heavy atom. The summed E-state index contributed by atoms with van der Waals surface area (Å²) in [5.74, 6) is -1.85. The van der Waals surface area contributed by atoms with Crippen molar-refractivity contribution in [3.05, 3.63) is 20.8 Å². The van der Waals surface area contributed by atoms with Gasteiger partial charge in [0.25, 0.3) is 0 Å². The number of carbonyl (C=O) groups is 1. The molecule has 0 atom stereocenters. The van der Waals surface area contributed by atoms with Crippen LogP contribution in [-0.2, 0) is 6.54 Å². The van der Waals surface area contributed by atoms with Gasteiger partial charge in [-0.2, -0.15) is 0 Å². The van der Waals surface area contributed by atoms with Gasteiger partial charge in [0, 0.05) is 0 Å². The second kappa shape index (κ2) is 4.26. The maximum Gasteiger partial charge on any atom is 0.364 e. The van der Waals surface area contributed by atoms with Crippen molar-refractivity contribution < 1.29 is 14.8 Å². The predicted molar refractivity (Wildman–Crippen MR) is 51.1 cm³/mol. The number of hydrogen-bond donors (Lipinski definition) is 1. The maximum absolute atomic E-state index is 10.6. The summed E-state index contributed by atoms with van der Waals surface area (Å²) in [5.41, 5.74) is -0.489. The number of rotatable bonds is 4. The van der Waals surface area contributed by atoms with Crippen LogP contribution in [0.25, 0.3) is 0 Å². The Morgan fingerprint density at radius 1 is 1.73 bits per heavy atom. The Balaban J connectivity index is 3.32. The molecule has 0 fully saturated rings. The van der Waals surface area contributed by atoms with Gasteiger partial charge in [-0.1, -0.05) is 23.6 Å². The van der Waals surface area contributed by atoms with Gasteiger partial charge in [0.1, 0.15) is 6.54 Å². The highest BCUT2D eigenvalue weighted by Gasteiger charge is 2.29. The second-order valence-corrected chi connectivity index (χ2v) is 3.15. The fourth-order valence-electron chi connectivity index (χ4n) is 1.11. The molecule has 0 aliphatic rings. The fraction of sp³-hybridized carbons (Fsp3) is 0.429. The van der Waals surface area contributed by atoms with E-state index in [-0.39, 0.29) is 6.54 Å². The molecular weight excluding hydrogens is 226 g/mol. The standard InChI is InChI=1S/C7H8ClN3O4/c1-2-3-10-6(11(14)15)4(8)5(9-10)7(12)13/h2-3H2,1H3,(H,12,13). The molecular formula is C7H8ClN3O4. The first kappa shape index (κ1) is 11.4. The van der Waals surface area contributed by atoms with Crippen LogP contribution in [0.15, 0.2) is 0 Å². The van der Waals surface area contributed by atoms with E-state index in [1.165, 1.54) is 0 Å². The van der Waals surface area contributed by atoms with E-state index in [4.69, 9.17) is 16.7 Å². The smallest absolute Gasteiger partial charge is 0.364 e. The second-order valence-electron chi connectivity index (χ2n) is 2.77. The lowest BCUT2D eigenvalue weighted by Crippen LogP contribution is -2.05. The van der Waals surface area contributed by atoms with Gasteiger partial charge in [-0.15, -0.1) is 4.68 Å². The van der Waals surface area contributed by atoms with Crippen LogP contribution >= 0.6 is 11.6 Å². The molecule has 0 amide bonds. The van der Waals surface area contributed by atoms with Crippen molar-refractivity contribution in [3.8, 4) is 0 Å². The maximum atomic E-state index is 10.6. The van der Waals surface area contributed by atoms with Crippen LogP contribution in [0.4, 0.5) is 5.82 Å². The van der Waals surface area contributed by atoms with Crippen molar-refractivity contribution in [3.63, 3.8) is 0 Å². The van der Waals surface area contributed by atoms with Crippen molar-refractivity contribution in [2.45, 2.75) is 19.9 Å². The zero-order chi connectivity index (χ0) is 11.6. The summed E-state index contributed by atoms with van der Waals surface area (Å²) in [6.45, 7) is 2.04. The van der Waals surface area contributed by atoms with Crippen LogP contribution in [0.5, 0.6) is 0 Å². The number of aryl methyl sites for hydroxylation is 1. The van der Waals surface area contributed by atoms with Crippen LogP contribution in [0.1, 0.15) is 23.8 Å². The quantitative estimate of drug-likeness (QED) is 0.628. The molecule has 1 N–H and O–H groups in total. The number of aromatic carboxylic acids is 1. The molecule has 7 nitrogen and oxygen atoms in total. The molecule has 1 rings (SSSR count). The van der Waals surface area contributed by atoms with Gasteiger partial charge in [0.05, 0.1) is 0 Å². The highest BCUT2D eigenvalue weighted by molar-refractivity contribution is 6.35. The average molecular weight is 234 g/mol. The molecule has 0 spiro atoms. The van der Waals surface area contributed by atoms with Gasteiger partial charge in [-0.05, 0) is 11.3 Å². The van der Waals surface area contributed by atoms with Crippen LogP contribution in [0.3, 0.4) is 0 Å². The van der Waals surface area contributed by atoms with Gasteiger partial charge in [0.15, 0.2) is 5.02 Å². The number of aromatic nitrogens is 2. The van der Waals surface area contributed by atoms with Gasteiger partial charge < -0.3 is 15.2 Å². The minimum atomic E-state index is -1.38. The first-order chi connectivity index (χ1) is 6.99. The fourth-order valence-corrected chi connectivity index (χ4v) is 1.40. The molecule has 82 valence electrons. The highest BCUT2D eigenvalue weighted by atomic mass is 35.5. The lowest BCUT2D eigenvalue weighted by molar-refractivity contribution is -0.392. The lowest BCUT2D eigenvalue weighted by atomic mass is 10.4. The van der Waals surface area contributed by atoms with E-state index < -0.39 is 27.4 Å².